The van der Waals surface area contributed by atoms with Crippen molar-refractivity contribution in [1.29, 1.82) is 0 Å². The average Bonchev–Trinajstić information content (AvgIpc) is 1.58. The molecule has 2 saturated heterocycles. The highest BCUT2D eigenvalue weighted by atomic mass is 28.4. The van der Waals surface area contributed by atoms with E-state index in [2.05, 4.69) is 61.7 Å². The van der Waals surface area contributed by atoms with Crippen LogP contribution in [0.5, 0.6) is 23.0 Å². The second kappa shape index (κ2) is 49.7. The molecule has 0 radical (unpaired) electrons. The normalized spacial score (nSPS) is 18.7. The van der Waals surface area contributed by atoms with Crippen molar-refractivity contribution in [3.05, 3.63) is 95.7 Å². The van der Waals surface area contributed by atoms with E-state index < -0.39 is 110 Å². The largest absolute Gasteiger partial charge is 0.493 e. The third kappa shape index (κ3) is 30.7. The maximum atomic E-state index is 15.5. The van der Waals surface area contributed by atoms with Crippen LogP contribution in [-0.4, -0.2) is 296 Å². The molecule has 0 bridgehead atoms. The molecule has 7 atom stereocenters. The van der Waals surface area contributed by atoms with Crippen molar-refractivity contribution in [2.24, 2.45) is 5.92 Å². The van der Waals surface area contributed by atoms with E-state index in [0.29, 0.717) is 143 Å². The Morgan fingerprint density at radius 1 is 0.554 bits per heavy atom. The summed E-state index contributed by atoms with van der Waals surface area (Å²) in [6.07, 6.45) is 4.69. The van der Waals surface area contributed by atoms with Gasteiger partial charge in [-0.15, -0.1) is 0 Å². The molecule has 10 amide bonds. The molecule has 130 heavy (non-hydrogen) atoms. The summed E-state index contributed by atoms with van der Waals surface area (Å²) < 4.78 is 101. The van der Waals surface area contributed by atoms with Crippen LogP contribution in [0.2, 0.25) is 18.1 Å². The lowest BCUT2D eigenvalue weighted by atomic mass is 10.0. The fraction of sp³-hybridized carbons (Fsp3) is 0.634. The van der Waals surface area contributed by atoms with Gasteiger partial charge in [0.15, 0.2) is 50.1 Å². The number of anilines is 3. The summed E-state index contributed by atoms with van der Waals surface area (Å²) in [5.41, 5.74) is 1.63. The number of carbonyl (C=O) groups is 10. The van der Waals surface area contributed by atoms with Crippen LogP contribution in [0.3, 0.4) is 0 Å². The minimum absolute atomic E-state index is 0.0187. The van der Waals surface area contributed by atoms with Gasteiger partial charge in [0.25, 0.3) is 23.6 Å². The Hall–Kier alpha value is -9.64. The molecule has 6 aliphatic heterocycles. The Bertz CT molecular complexity index is 4370. The van der Waals surface area contributed by atoms with Crippen LogP contribution < -0.4 is 50.0 Å². The number of unbranched alkanes of at least 4 members (excludes halogenated alkanes) is 2. The van der Waals surface area contributed by atoms with Crippen molar-refractivity contribution in [2.45, 2.75) is 220 Å². The Labute approximate surface area is 764 Å². The molecule has 0 saturated carbocycles. The van der Waals surface area contributed by atoms with Crippen LogP contribution in [-0.2, 0) is 90.0 Å². The minimum Gasteiger partial charge on any atom is -0.493 e. The molecule has 6 heterocycles. The van der Waals surface area contributed by atoms with Crippen LogP contribution in [0, 0.1) is 5.92 Å². The summed E-state index contributed by atoms with van der Waals surface area (Å²) in [6, 6.07) is 10.2. The molecule has 4 N–H and O–H groups in total. The van der Waals surface area contributed by atoms with E-state index in [9.17, 15) is 38.4 Å². The van der Waals surface area contributed by atoms with E-state index in [1.54, 1.807) is 115 Å². The quantitative estimate of drug-likeness (QED) is 0.0176. The van der Waals surface area contributed by atoms with Gasteiger partial charge < -0.3 is 111 Å². The molecule has 0 aliphatic carbocycles. The summed E-state index contributed by atoms with van der Waals surface area (Å²) in [5.74, 6) is -2.57. The standard InChI is InChI=1S/C93H137N9O27Si/c1-61(2)82(97-78(104)31-37-115-39-41-117-43-45-119-47-49-121-51-52-122-50-48-120-46-44-118-42-40-116-38-32-94-77(103)30-33-98-79(105)28-29-80(98)106)84(108)95-63(4)83(107)96-66-26-24-64(25-27-66)65-54-72-88(129-130(16,17)93(11,12)13)102(90(112)128-92(8,9)10)70-58-76(74(114-15)56-68(70)86(110)100(72)60-65)124-35-21-18-20-34-123-75-57-69-67(55-73(75)113-14)85(109)99-59-62(3)53-71(99)87(126-81-23-19-22-36-125-81)101(69)89(111)127-91(5,6)7/h24-29,55-58,60-61,63,71-72,81-82,87-88H,3,18-23,30-54,59H2,1-2,4-17H3,(H,94,103)(H,95,108)(H,96,107)(H,97,104)/t63-,71-,72-,81?,82-,87-,88?/m0/s1. The summed E-state index contributed by atoms with van der Waals surface area (Å²) in [7, 11) is 0.125. The van der Waals surface area contributed by atoms with Crippen molar-refractivity contribution >= 4 is 90.4 Å². The fourth-order valence-corrected chi connectivity index (χ4v) is 15.8. The molecule has 3 aromatic rings. The van der Waals surface area contributed by atoms with Gasteiger partial charge in [-0.2, -0.15) is 0 Å². The molecule has 6 aliphatic rings. The van der Waals surface area contributed by atoms with Crippen LogP contribution in [0.1, 0.15) is 174 Å². The Morgan fingerprint density at radius 2 is 1.05 bits per heavy atom. The number of carbonyl (C=O) groups excluding carboxylic acids is 10. The van der Waals surface area contributed by atoms with Gasteiger partial charge in [0.05, 0.1) is 168 Å². The number of benzene rings is 3. The Balaban J connectivity index is 0.703. The zero-order valence-electron chi connectivity index (χ0n) is 78.6. The summed E-state index contributed by atoms with van der Waals surface area (Å²) in [5, 5.41) is 10.7. The Kier molecular flexibility index (Phi) is 39.8. The number of rotatable bonds is 51. The van der Waals surface area contributed by atoms with Crippen molar-refractivity contribution in [3.8, 4) is 23.0 Å². The number of amides is 10. The van der Waals surface area contributed by atoms with Crippen LogP contribution >= 0.6 is 0 Å². The number of hydrogen-bond acceptors (Lipinski definition) is 27. The highest BCUT2D eigenvalue weighted by Crippen LogP contribution is 2.49. The predicted octanol–water partition coefficient (Wildman–Crippen LogP) is 10.6. The van der Waals surface area contributed by atoms with E-state index in [1.807, 2.05) is 12.1 Å². The number of nitrogens with one attached hydrogen (secondary N) is 4. The van der Waals surface area contributed by atoms with Crippen LogP contribution in [0.15, 0.2) is 79.0 Å². The number of nitrogens with zero attached hydrogens (tertiary/aromatic N) is 5. The third-order valence-corrected chi connectivity index (χ3v) is 26.8. The molecule has 2 unspecified atom stereocenters. The first-order chi connectivity index (χ1) is 61.9. The second-order valence-corrected chi connectivity index (χ2v) is 40.9. The van der Waals surface area contributed by atoms with E-state index in [4.69, 9.17) is 80.2 Å². The van der Waals surface area contributed by atoms with E-state index in [-0.39, 0.29) is 128 Å². The summed E-state index contributed by atoms with van der Waals surface area (Å²) in [4.78, 5) is 143. The molecule has 2 fully saturated rings. The van der Waals surface area contributed by atoms with E-state index in [1.165, 1.54) is 36.2 Å². The minimum atomic E-state index is -2.84. The first-order valence-corrected chi connectivity index (χ1v) is 47.9. The van der Waals surface area contributed by atoms with Gasteiger partial charge in [0.2, 0.25) is 23.6 Å². The fourth-order valence-electron chi connectivity index (χ4n) is 14.6. The van der Waals surface area contributed by atoms with Crippen molar-refractivity contribution in [2.75, 3.05) is 175 Å². The second-order valence-electron chi connectivity index (χ2n) is 36.2. The topological polar surface area (TPSA) is 392 Å². The maximum Gasteiger partial charge on any atom is 0.417 e. The number of imide groups is 1. The van der Waals surface area contributed by atoms with Gasteiger partial charge in [-0.3, -0.25) is 43.3 Å². The Morgan fingerprint density at radius 3 is 1.54 bits per heavy atom. The van der Waals surface area contributed by atoms with Gasteiger partial charge in [-0.25, -0.2) is 19.4 Å². The monoisotopic (exact) mass is 1840 g/mol. The molecular weight excluding hydrogens is 1700 g/mol. The number of hydrogen-bond donors (Lipinski definition) is 4. The molecular formula is C93H137N9O27Si. The molecule has 3 aromatic carbocycles. The van der Waals surface area contributed by atoms with Gasteiger partial charge in [-0.1, -0.05) is 58.9 Å². The SMILES string of the molecule is C=C1C[C@H]2[C@H](OC3CCCCO3)N(C(=O)OC(C)(C)C)c3cc(OCCCCCOc4cc5c(cc4OC)C(=O)N4C=C(c6ccc(NC(=O)[C@H](C)NC(=O)[C@@H](NC(=O)CCOCCOCCOCCOCCOCCOCCOCCOCCNC(=O)CCN7C(=O)C=CC7=O)C(C)C)cc6)C[C@H]4C(O[Si](C)(C)C(C)(C)C)N5C(=O)OC(C)(C)C)c(OC)cc3C(=O)N2C1. The summed E-state index contributed by atoms with van der Waals surface area (Å²) in [6.45, 7) is 37.3. The van der Waals surface area contributed by atoms with Gasteiger partial charge in [0, 0.05) is 75.3 Å². The number of methoxy groups -OCH3 is 2. The summed E-state index contributed by atoms with van der Waals surface area (Å²) >= 11 is 0. The van der Waals surface area contributed by atoms with Crippen molar-refractivity contribution in [1.82, 2.24) is 30.7 Å². The van der Waals surface area contributed by atoms with Gasteiger partial charge >= 0.3 is 12.2 Å². The molecule has 37 heteroatoms. The van der Waals surface area contributed by atoms with Crippen LogP contribution in [0.25, 0.3) is 5.57 Å². The first kappa shape index (κ1) is 104. The predicted molar refractivity (Wildman–Crippen MR) is 484 cm³/mol. The van der Waals surface area contributed by atoms with Crippen LogP contribution in [0.4, 0.5) is 26.7 Å². The zero-order chi connectivity index (χ0) is 94.5. The maximum absolute atomic E-state index is 15.5. The number of fused-ring (bicyclic) bond motifs is 4. The van der Waals surface area contributed by atoms with E-state index in [0.717, 1.165) is 34.5 Å². The van der Waals surface area contributed by atoms with E-state index >= 15 is 9.59 Å². The van der Waals surface area contributed by atoms with Crippen molar-refractivity contribution in [3.63, 3.8) is 0 Å². The molecule has 0 spiro atoms. The average molecular weight is 1840 g/mol. The van der Waals surface area contributed by atoms with Crippen molar-refractivity contribution < 1.29 is 128 Å². The smallest absolute Gasteiger partial charge is 0.417 e. The number of ether oxygens (including phenoxy) is 16. The first-order valence-electron chi connectivity index (χ1n) is 45.0. The highest BCUT2D eigenvalue weighted by molar-refractivity contribution is 6.74. The highest BCUT2D eigenvalue weighted by Gasteiger charge is 2.53. The molecule has 0 aromatic heterocycles. The lowest BCUT2D eigenvalue weighted by Crippen LogP contribution is -2.58. The van der Waals surface area contributed by atoms with Gasteiger partial charge in [-0.05, 0) is 159 Å². The molecule has 720 valence electrons. The zero-order valence-corrected chi connectivity index (χ0v) is 79.6. The lowest BCUT2D eigenvalue weighted by molar-refractivity contribution is -0.195. The molecule has 9 rings (SSSR count). The lowest BCUT2D eigenvalue weighted by Gasteiger charge is -2.44. The third-order valence-electron chi connectivity index (χ3n) is 22.4. The van der Waals surface area contributed by atoms with Gasteiger partial charge in [0.1, 0.15) is 23.3 Å². The molecule has 36 nitrogen and oxygen atoms in total.